The third-order valence-corrected chi connectivity index (χ3v) is 2.75. The molecule has 0 bridgehead atoms. The second kappa shape index (κ2) is 4.24. The zero-order chi connectivity index (χ0) is 9.19. The van der Waals surface area contributed by atoms with Crippen LogP contribution in [0, 0.1) is 5.41 Å². The molecule has 2 N–H and O–H groups in total. The van der Waals surface area contributed by atoms with Gasteiger partial charge in [-0.05, 0) is 18.8 Å². The second-order valence-corrected chi connectivity index (χ2v) is 6.34. The van der Waals surface area contributed by atoms with Crippen LogP contribution in [0.5, 0.6) is 0 Å². The van der Waals surface area contributed by atoms with Crippen LogP contribution < -0.4 is 10.6 Å². The summed E-state index contributed by atoms with van der Waals surface area (Å²) in [6.45, 7) is 9.10. The van der Waals surface area contributed by atoms with E-state index in [1.165, 1.54) is 6.42 Å². The van der Waals surface area contributed by atoms with Crippen LogP contribution in [-0.4, -0.2) is 23.2 Å². The van der Waals surface area contributed by atoms with Gasteiger partial charge in [-0.1, -0.05) is 36.4 Å². The van der Waals surface area contributed by atoms with E-state index in [1.807, 2.05) is 0 Å². The van der Waals surface area contributed by atoms with Crippen LogP contribution >= 0.6 is 22.6 Å². The van der Waals surface area contributed by atoms with Crippen molar-refractivity contribution in [1.82, 2.24) is 10.6 Å². The van der Waals surface area contributed by atoms with Gasteiger partial charge >= 0.3 is 0 Å². The van der Waals surface area contributed by atoms with Gasteiger partial charge in [0, 0.05) is 19.1 Å². The Morgan fingerprint density at radius 1 is 1.67 bits per heavy atom. The molecule has 0 saturated carbocycles. The maximum atomic E-state index is 3.54. The highest BCUT2D eigenvalue weighted by Gasteiger charge is 2.29. The highest BCUT2D eigenvalue weighted by Crippen LogP contribution is 2.26. The van der Waals surface area contributed by atoms with E-state index in [0.717, 1.165) is 13.1 Å². The molecule has 72 valence electrons. The fraction of sp³-hybridized carbons (Fsp3) is 1.00. The monoisotopic (exact) mass is 282 g/mol. The van der Waals surface area contributed by atoms with Gasteiger partial charge in [0.1, 0.15) is 0 Å². The SMILES string of the molecule is CC(I)NCC1CC(C)(C)CN1. The van der Waals surface area contributed by atoms with Crippen molar-refractivity contribution in [3.63, 3.8) is 0 Å². The van der Waals surface area contributed by atoms with Crippen LogP contribution in [0.4, 0.5) is 0 Å². The fourth-order valence-electron chi connectivity index (χ4n) is 1.68. The summed E-state index contributed by atoms with van der Waals surface area (Å²) in [5.74, 6) is 0. The van der Waals surface area contributed by atoms with Crippen molar-refractivity contribution in [1.29, 1.82) is 0 Å². The molecule has 1 fully saturated rings. The molecule has 2 atom stereocenters. The third-order valence-electron chi connectivity index (χ3n) is 2.31. The van der Waals surface area contributed by atoms with Crippen molar-refractivity contribution >= 4 is 22.6 Å². The molecule has 0 aliphatic carbocycles. The van der Waals surface area contributed by atoms with Crippen molar-refractivity contribution in [3.8, 4) is 0 Å². The molecular weight excluding hydrogens is 263 g/mol. The molecule has 1 rings (SSSR count). The maximum Gasteiger partial charge on any atom is 0.0565 e. The molecule has 2 unspecified atom stereocenters. The summed E-state index contributed by atoms with van der Waals surface area (Å²) >= 11 is 2.40. The summed E-state index contributed by atoms with van der Waals surface area (Å²) in [5, 5.41) is 6.99. The smallest absolute Gasteiger partial charge is 0.0565 e. The normalized spacial score (nSPS) is 30.5. The van der Waals surface area contributed by atoms with Gasteiger partial charge in [0.15, 0.2) is 0 Å². The molecule has 3 heteroatoms. The molecule has 1 heterocycles. The van der Waals surface area contributed by atoms with E-state index in [4.69, 9.17) is 0 Å². The molecule has 1 saturated heterocycles. The Morgan fingerprint density at radius 3 is 2.75 bits per heavy atom. The summed E-state index contributed by atoms with van der Waals surface area (Å²) in [7, 11) is 0. The summed E-state index contributed by atoms with van der Waals surface area (Å²) in [6.07, 6.45) is 1.30. The predicted molar refractivity (Wildman–Crippen MR) is 61.7 cm³/mol. The summed E-state index contributed by atoms with van der Waals surface area (Å²) in [4.78, 5) is 0. The Balaban J connectivity index is 2.20. The minimum absolute atomic E-state index is 0.501. The standard InChI is InChI=1S/C9H19IN2/c1-7(10)11-5-8-4-9(2,3)6-12-8/h7-8,11-12H,4-6H2,1-3H3. The van der Waals surface area contributed by atoms with Gasteiger partial charge in [-0.2, -0.15) is 0 Å². The molecule has 0 radical (unpaired) electrons. The van der Waals surface area contributed by atoms with Gasteiger partial charge in [0.05, 0.1) is 4.05 Å². The van der Waals surface area contributed by atoms with E-state index in [1.54, 1.807) is 0 Å². The van der Waals surface area contributed by atoms with Crippen molar-refractivity contribution in [2.75, 3.05) is 13.1 Å². The van der Waals surface area contributed by atoms with Crippen LogP contribution in [0.15, 0.2) is 0 Å². The summed E-state index contributed by atoms with van der Waals surface area (Å²) in [5.41, 5.74) is 0.501. The highest BCUT2D eigenvalue weighted by molar-refractivity contribution is 14.1. The summed E-state index contributed by atoms with van der Waals surface area (Å²) < 4.78 is 0.577. The topological polar surface area (TPSA) is 24.1 Å². The number of rotatable bonds is 3. The quantitative estimate of drug-likeness (QED) is 0.468. The Morgan fingerprint density at radius 2 is 2.33 bits per heavy atom. The van der Waals surface area contributed by atoms with Gasteiger partial charge in [0.25, 0.3) is 0 Å². The number of nitrogens with one attached hydrogen (secondary N) is 2. The van der Waals surface area contributed by atoms with Crippen LogP contribution in [0.1, 0.15) is 27.2 Å². The van der Waals surface area contributed by atoms with Crippen LogP contribution in [0.2, 0.25) is 0 Å². The number of alkyl halides is 1. The van der Waals surface area contributed by atoms with E-state index >= 15 is 0 Å². The molecule has 0 spiro atoms. The van der Waals surface area contributed by atoms with E-state index in [0.29, 0.717) is 15.5 Å². The van der Waals surface area contributed by atoms with Gasteiger partial charge < -0.3 is 10.6 Å². The van der Waals surface area contributed by atoms with E-state index in [-0.39, 0.29) is 0 Å². The van der Waals surface area contributed by atoms with Crippen molar-refractivity contribution in [3.05, 3.63) is 0 Å². The molecule has 12 heavy (non-hydrogen) atoms. The maximum absolute atomic E-state index is 3.54. The Labute approximate surface area is 89.0 Å². The van der Waals surface area contributed by atoms with Crippen molar-refractivity contribution < 1.29 is 0 Å². The predicted octanol–water partition coefficient (Wildman–Crippen LogP) is 1.75. The fourth-order valence-corrected chi connectivity index (χ4v) is 1.94. The van der Waals surface area contributed by atoms with E-state index < -0.39 is 0 Å². The van der Waals surface area contributed by atoms with Crippen molar-refractivity contribution in [2.45, 2.75) is 37.3 Å². The molecule has 2 nitrogen and oxygen atoms in total. The minimum Gasteiger partial charge on any atom is -0.312 e. The zero-order valence-electron chi connectivity index (χ0n) is 8.15. The second-order valence-electron chi connectivity index (χ2n) is 4.47. The molecule has 0 amide bonds. The number of halogens is 1. The van der Waals surface area contributed by atoms with Crippen molar-refractivity contribution in [2.24, 2.45) is 5.41 Å². The minimum atomic E-state index is 0.501. The van der Waals surface area contributed by atoms with Gasteiger partial charge in [0.2, 0.25) is 0 Å². The van der Waals surface area contributed by atoms with Gasteiger partial charge in [-0.15, -0.1) is 0 Å². The largest absolute Gasteiger partial charge is 0.312 e. The first-order valence-electron chi connectivity index (χ1n) is 4.60. The lowest BCUT2D eigenvalue weighted by atomic mass is 9.91. The third kappa shape index (κ3) is 3.58. The highest BCUT2D eigenvalue weighted by atomic mass is 127. The first-order chi connectivity index (χ1) is 5.49. The van der Waals surface area contributed by atoms with E-state index in [9.17, 15) is 0 Å². The zero-order valence-corrected chi connectivity index (χ0v) is 10.3. The van der Waals surface area contributed by atoms with Gasteiger partial charge in [-0.25, -0.2) is 0 Å². The Bertz CT molecular complexity index is 145. The molecular formula is C9H19IN2. The molecule has 0 aromatic heterocycles. The lowest BCUT2D eigenvalue weighted by molar-refractivity contribution is 0.398. The first-order valence-corrected chi connectivity index (χ1v) is 5.85. The van der Waals surface area contributed by atoms with Crippen LogP contribution in [-0.2, 0) is 0 Å². The first kappa shape index (κ1) is 10.7. The summed E-state index contributed by atoms with van der Waals surface area (Å²) in [6, 6.07) is 0.678. The average molecular weight is 282 g/mol. The molecule has 0 aromatic carbocycles. The number of hydrogen-bond acceptors (Lipinski definition) is 2. The molecule has 1 aliphatic rings. The molecule has 1 aliphatic heterocycles. The Hall–Kier alpha value is 0.650. The Kier molecular flexibility index (Phi) is 3.79. The van der Waals surface area contributed by atoms with Crippen LogP contribution in [0.3, 0.4) is 0 Å². The van der Waals surface area contributed by atoms with Gasteiger partial charge in [-0.3, -0.25) is 0 Å². The lowest BCUT2D eigenvalue weighted by Gasteiger charge is -2.16. The molecule has 0 aromatic rings. The average Bonchev–Trinajstić information content (AvgIpc) is 2.26. The van der Waals surface area contributed by atoms with Crippen LogP contribution in [0.25, 0.3) is 0 Å². The van der Waals surface area contributed by atoms with E-state index in [2.05, 4.69) is 54.0 Å². The lowest BCUT2D eigenvalue weighted by Crippen LogP contribution is -2.36. The number of hydrogen-bond donors (Lipinski definition) is 2.